The van der Waals surface area contributed by atoms with E-state index in [1.807, 2.05) is 0 Å². The van der Waals surface area contributed by atoms with Gasteiger partial charge in [0.05, 0.1) is 4.92 Å². The highest BCUT2D eigenvalue weighted by molar-refractivity contribution is 6.30. The van der Waals surface area contributed by atoms with E-state index >= 15 is 0 Å². The average molecular weight is 308 g/mol. The van der Waals surface area contributed by atoms with Crippen LogP contribution in [0.25, 0.3) is 0 Å². The quantitative estimate of drug-likeness (QED) is 0.680. The predicted octanol–water partition coefficient (Wildman–Crippen LogP) is 4.05. The molecule has 2 aromatic carbocycles. The zero-order chi connectivity index (χ0) is 15.6. The average Bonchev–Trinajstić information content (AvgIpc) is 2.41. The van der Waals surface area contributed by atoms with E-state index in [9.17, 15) is 14.9 Å². The number of ether oxygens (including phenoxy) is 1. The summed E-state index contributed by atoms with van der Waals surface area (Å²) in [5.74, 6) is -0.701. The summed E-state index contributed by atoms with van der Waals surface area (Å²) in [6.45, 7) is 1.78. The number of rotatable bonds is 4. The molecule has 7 heteroatoms. The maximum atomic E-state index is 11.1. The van der Waals surface area contributed by atoms with E-state index < -0.39 is 22.1 Å². The summed E-state index contributed by atoms with van der Waals surface area (Å²) >= 11 is 5.83. The first-order valence-corrected chi connectivity index (χ1v) is 6.22. The number of nitro groups is 1. The first kappa shape index (κ1) is 14.8. The number of nitrogens with zero attached hydrogens (tertiary/aromatic N) is 1. The monoisotopic (exact) mass is 307 g/mol. The molecule has 0 unspecified atom stereocenters. The molecule has 0 aromatic heterocycles. The molecule has 2 rings (SSSR count). The fraction of sp³-hybridized carbons (Fsp3) is 0.0714. The molecule has 0 spiro atoms. The van der Waals surface area contributed by atoms with Gasteiger partial charge in [-0.25, -0.2) is 4.79 Å². The van der Waals surface area contributed by atoms with Gasteiger partial charge in [0.1, 0.15) is 17.1 Å². The van der Waals surface area contributed by atoms with Gasteiger partial charge in [0, 0.05) is 17.2 Å². The van der Waals surface area contributed by atoms with E-state index in [1.165, 1.54) is 6.07 Å². The molecule has 0 heterocycles. The molecule has 21 heavy (non-hydrogen) atoms. The Labute approximate surface area is 124 Å². The van der Waals surface area contributed by atoms with Crippen LogP contribution in [0, 0.1) is 17.0 Å². The minimum absolute atomic E-state index is 0.198. The SMILES string of the molecule is Cc1cc(Cl)ccc1Oc1ccc([N+](=O)[O-])c(C(=O)O)c1. The van der Waals surface area contributed by atoms with Gasteiger partial charge < -0.3 is 9.84 Å². The Kier molecular flexibility index (Phi) is 4.09. The first-order chi connectivity index (χ1) is 9.88. The Morgan fingerprint density at radius 1 is 1.29 bits per heavy atom. The Bertz CT molecular complexity index is 729. The van der Waals surface area contributed by atoms with E-state index in [0.29, 0.717) is 10.8 Å². The number of nitro benzene ring substituents is 1. The molecule has 108 valence electrons. The molecule has 1 N–H and O–H groups in total. The van der Waals surface area contributed by atoms with Crippen molar-refractivity contribution in [1.82, 2.24) is 0 Å². The molecular weight excluding hydrogens is 298 g/mol. The summed E-state index contributed by atoms with van der Waals surface area (Å²) in [7, 11) is 0. The summed E-state index contributed by atoms with van der Waals surface area (Å²) < 4.78 is 5.55. The smallest absolute Gasteiger partial charge is 0.342 e. The molecule has 0 radical (unpaired) electrons. The lowest BCUT2D eigenvalue weighted by atomic mass is 10.1. The van der Waals surface area contributed by atoms with E-state index in [4.69, 9.17) is 21.4 Å². The van der Waals surface area contributed by atoms with Crippen LogP contribution in [0.4, 0.5) is 5.69 Å². The molecule has 2 aromatic rings. The Morgan fingerprint density at radius 2 is 2.00 bits per heavy atom. The van der Waals surface area contributed by atoms with Crippen LogP contribution in [-0.4, -0.2) is 16.0 Å². The lowest BCUT2D eigenvalue weighted by molar-refractivity contribution is -0.385. The Hall–Kier alpha value is -2.60. The van der Waals surface area contributed by atoms with Crippen molar-refractivity contribution in [3.05, 3.63) is 62.7 Å². The highest BCUT2D eigenvalue weighted by Gasteiger charge is 2.20. The molecule has 0 atom stereocenters. The summed E-state index contributed by atoms with van der Waals surface area (Å²) in [5, 5.41) is 20.3. The van der Waals surface area contributed by atoms with Gasteiger partial charge in [-0.3, -0.25) is 10.1 Å². The van der Waals surface area contributed by atoms with Crippen LogP contribution in [0.3, 0.4) is 0 Å². The van der Waals surface area contributed by atoms with E-state index in [-0.39, 0.29) is 5.75 Å². The van der Waals surface area contributed by atoms with Crippen LogP contribution in [0.15, 0.2) is 36.4 Å². The van der Waals surface area contributed by atoms with Crippen molar-refractivity contribution in [2.24, 2.45) is 0 Å². The molecule has 0 fully saturated rings. The molecule has 0 aliphatic carbocycles. The van der Waals surface area contributed by atoms with Crippen molar-refractivity contribution in [3.8, 4) is 11.5 Å². The second-order valence-electron chi connectivity index (χ2n) is 4.25. The second kappa shape index (κ2) is 5.80. The summed E-state index contributed by atoms with van der Waals surface area (Å²) in [6.07, 6.45) is 0. The van der Waals surface area contributed by atoms with Crippen LogP contribution in [0.1, 0.15) is 15.9 Å². The highest BCUT2D eigenvalue weighted by Crippen LogP contribution is 2.30. The predicted molar refractivity (Wildman–Crippen MR) is 76.3 cm³/mol. The number of aromatic carboxylic acids is 1. The molecule has 0 amide bonds. The van der Waals surface area contributed by atoms with Crippen molar-refractivity contribution in [3.63, 3.8) is 0 Å². The third kappa shape index (κ3) is 3.29. The van der Waals surface area contributed by atoms with Gasteiger partial charge in [-0.15, -0.1) is 0 Å². The zero-order valence-electron chi connectivity index (χ0n) is 10.9. The van der Waals surface area contributed by atoms with Crippen LogP contribution in [0.2, 0.25) is 5.02 Å². The zero-order valence-corrected chi connectivity index (χ0v) is 11.6. The lowest BCUT2D eigenvalue weighted by Crippen LogP contribution is -2.03. The Balaban J connectivity index is 2.39. The van der Waals surface area contributed by atoms with Crippen molar-refractivity contribution in [2.45, 2.75) is 6.92 Å². The van der Waals surface area contributed by atoms with Gasteiger partial charge in [0.2, 0.25) is 0 Å². The number of carbonyl (C=O) groups is 1. The minimum Gasteiger partial charge on any atom is -0.477 e. The number of hydrogen-bond acceptors (Lipinski definition) is 4. The van der Waals surface area contributed by atoms with Gasteiger partial charge in [-0.2, -0.15) is 0 Å². The summed E-state index contributed by atoms with van der Waals surface area (Å²) in [6, 6.07) is 8.53. The van der Waals surface area contributed by atoms with Crippen LogP contribution < -0.4 is 4.74 Å². The number of aryl methyl sites for hydroxylation is 1. The number of halogens is 1. The standard InChI is InChI=1S/C14H10ClNO5/c1-8-6-9(15)2-5-13(8)21-10-3-4-12(16(19)20)11(7-10)14(17)18/h2-7H,1H3,(H,17,18). The minimum atomic E-state index is -1.39. The van der Waals surface area contributed by atoms with E-state index in [2.05, 4.69) is 0 Å². The van der Waals surface area contributed by atoms with Crippen molar-refractivity contribution >= 4 is 23.3 Å². The normalized spacial score (nSPS) is 10.2. The van der Waals surface area contributed by atoms with Crippen molar-refractivity contribution in [1.29, 1.82) is 0 Å². The molecular formula is C14H10ClNO5. The second-order valence-corrected chi connectivity index (χ2v) is 4.69. The topological polar surface area (TPSA) is 89.7 Å². The number of carboxylic acids is 1. The maximum absolute atomic E-state index is 11.1. The summed E-state index contributed by atoms with van der Waals surface area (Å²) in [5.41, 5.74) is -0.149. The molecule has 0 bridgehead atoms. The molecule has 0 saturated heterocycles. The van der Waals surface area contributed by atoms with Gasteiger partial charge in [-0.1, -0.05) is 11.6 Å². The van der Waals surface area contributed by atoms with Gasteiger partial charge in [0.15, 0.2) is 0 Å². The Morgan fingerprint density at radius 3 is 2.57 bits per heavy atom. The molecule has 0 aliphatic heterocycles. The molecule has 6 nitrogen and oxygen atoms in total. The molecule has 0 saturated carbocycles. The fourth-order valence-electron chi connectivity index (χ4n) is 1.76. The van der Waals surface area contributed by atoms with Crippen molar-refractivity contribution < 1.29 is 19.6 Å². The fourth-order valence-corrected chi connectivity index (χ4v) is 1.99. The first-order valence-electron chi connectivity index (χ1n) is 5.84. The van der Waals surface area contributed by atoms with Crippen molar-refractivity contribution in [2.75, 3.05) is 0 Å². The van der Waals surface area contributed by atoms with Gasteiger partial charge in [0.25, 0.3) is 5.69 Å². The number of hydrogen-bond donors (Lipinski definition) is 1. The molecule has 0 aliphatic rings. The highest BCUT2D eigenvalue weighted by atomic mass is 35.5. The van der Waals surface area contributed by atoms with E-state index in [1.54, 1.807) is 25.1 Å². The van der Waals surface area contributed by atoms with Gasteiger partial charge >= 0.3 is 5.97 Å². The van der Waals surface area contributed by atoms with E-state index in [0.717, 1.165) is 17.7 Å². The van der Waals surface area contributed by atoms with Crippen LogP contribution in [-0.2, 0) is 0 Å². The number of benzene rings is 2. The largest absolute Gasteiger partial charge is 0.477 e. The van der Waals surface area contributed by atoms with Crippen LogP contribution >= 0.6 is 11.6 Å². The number of carboxylic acid groups (broad SMARTS) is 1. The van der Waals surface area contributed by atoms with Crippen LogP contribution in [0.5, 0.6) is 11.5 Å². The third-order valence-corrected chi connectivity index (χ3v) is 3.00. The lowest BCUT2D eigenvalue weighted by Gasteiger charge is -2.09. The maximum Gasteiger partial charge on any atom is 0.342 e. The summed E-state index contributed by atoms with van der Waals surface area (Å²) in [4.78, 5) is 21.1. The third-order valence-electron chi connectivity index (χ3n) is 2.76. The van der Waals surface area contributed by atoms with Gasteiger partial charge in [-0.05, 0) is 36.8 Å².